The Morgan fingerprint density at radius 1 is 1.27 bits per heavy atom. The molecule has 2 aliphatic rings. The van der Waals surface area contributed by atoms with E-state index in [9.17, 15) is 9.59 Å². The van der Waals surface area contributed by atoms with Gasteiger partial charge in [0.15, 0.2) is 0 Å². The van der Waals surface area contributed by atoms with E-state index in [4.69, 9.17) is 4.74 Å². The van der Waals surface area contributed by atoms with E-state index in [-0.39, 0.29) is 23.3 Å². The van der Waals surface area contributed by atoms with Crippen molar-refractivity contribution in [2.45, 2.75) is 25.2 Å². The highest BCUT2D eigenvalue weighted by molar-refractivity contribution is 5.79. The van der Waals surface area contributed by atoms with Crippen molar-refractivity contribution in [3.05, 3.63) is 46.8 Å². The van der Waals surface area contributed by atoms with Crippen molar-refractivity contribution in [3.63, 3.8) is 0 Å². The van der Waals surface area contributed by atoms with Crippen LogP contribution in [0.25, 0.3) is 11.3 Å². The molecule has 0 spiro atoms. The summed E-state index contributed by atoms with van der Waals surface area (Å²) >= 11 is 0. The van der Waals surface area contributed by atoms with Crippen LogP contribution in [0.3, 0.4) is 0 Å². The zero-order valence-electron chi connectivity index (χ0n) is 14.6. The van der Waals surface area contributed by atoms with Crippen molar-refractivity contribution in [1.82, 2.24) is 19.9 Å². The Bertz CT molecular complexity index is 830. The number of H-pyrrole nitrogens is 1. The van der Waals surface area contributed by atoms with E-state index in [1.807, 2.05) is 17.0 Å². The topological polar surface area (TPSA) is 88.2 Å². The Morgan fingerprint density at radius 2 is 2.12 bits per heavy atom. The lowest BCUT2D eigenvalue weighted by molar-refractivity contribution is -0.136. The van der Waals surface area contributed by atoms with Gasteiger partial charge in [-0.2, -0.15) is 0 Å². The van der Waals surface area contributed by atoms with Crippen LogP contribution < -0.4 is 5.56 Å². The number of pyridine rings is 1. The fraction of sp³-hybridized carbons (Fsp3) is 0.474. The Labute approximate surface area is 151 Å². The molecule has 0 radical (unpaired) electrons. The number of piperidine rings is 1. The van der Waals surface area contributed by atoms with Crippen molar-refractivity contribution in [3.8, 4) is 11.3 Å². The molecule has 0 bridgehead atoms. The second kappa shape index (κ2) is 7.37. The van der Waals surface area contributed by atoms with Crippen molar-refractivity contribution in [1.29, 1.82) is 0 Å². The number of hydrogen-bond donors (Lipinski definition) is 1. The smallest absolute Gasteiger partial charge is 0.251 e. The van der Waals surface area contributed by atoms with Gasteiger partial charge in [-0.05, 0) is 31.4 Å². The molecule has 4 rings (SSSR count). The van der Waals surface area contributed by atoms with Crippen LogP contribution in [-0.4, -0.2) is 52.1 Å². The first kappa shape index (κ1) is 16.9. The van der Waals surface area contributed by atoms with Gasteiger partial charge in [0.1, 0.15) is 5.82 Å². The summed E-state index contributed by atoms with van der Waals surface area (Å²) in [4.78, 5) is 38.3. The second-order valence-corrected chi connectivity index (χ2v) is 6.94. The summed E-state index contributed by atoms with van der Waals surface area (Å²) < 4.78 is 5.35. The first-order valence-electron chi connectivity index (χ1n) is 9.09. The van der Waals surface area contributed by atoms with Crippen molar-refractivity contribution >= 4 is 5.91 Å². The molecular formula is C19H22N4O3. The number of ether oxygens (including phenoxy) is 1. The molecule has 0 aliphatic carbocycles. The van der Waals surface area contributed by atoms with Crippen LogP contribution >= 0.6 is 0 Å². The Kier molecular flexibility index (Phi) is 4.79. The van der Waals surface area contributed by atoms with Gasteiger partial charge in [0, 0.05) is 49.6 Å². The van der Waals surface area contributed by atoms with Crippen LogP contribution in [0.15, 0.2) is 35.4 Å². The number of carbonyl (C=O) groups excluding carboxylic acids is 1. The molecule has 0 unspecified atom stereocenters. The SMILES string of the molecule is O=C([C@@H]1CCOC1)N1CCC[C@@H](c2nc(-c3ccncc3)cc(=O)[nH]2)C1. The highest BCUT2D eigenvalue weighted by Crippen LogP contribution is 2.27. The Balaban J connectivity index is 1.56. The highest BCUT2D eigenvalue weighted by atomic mass is 16.5. The van der Waals surface area contributed by atoms with Gasteiger partial charge < -0.3 is 14.6 Å². The van der Waals surface area contributed by atoms with Crippen LogP contribution in [0.5, 0.6) is 0 Å². The number of carbonyl (C=O) groups is 1. The average Bonchev–Trinajstić information content (AvgIpc) is 3.22. The minimum atomic E-state index is -0.172. The Morgan fingerprint density at radius 3 is 2.88 bits per heavy atom. The highest BCUT2D eigenvalue weighted by Gasteiger charge is 2.32. The number of rotatable bonds is 3. The molecular weight excluding hydrogens is 332 g/mol. The van der Waals surface area contributed by atoms with Crippen LogP contribution in [0.4, 0.5) is 0 Å². The summed E-state index contributed by atoms with van der Waals surface area (Å²) in [7, 11) is 0. The van der Waals surface area contributed by atoms with E-state index in [0.717, 1.165) is 31.4 Å². The molecule has 2 saturated heterocycles. The molecule has 1 amide bonds. The molecule has 7 nitrogen and oxygen atoms in total. The summed E-state index contributed by atoms with van der Waals surface area (Å²) in [5.74, 6) is 0.845. The van der Waals surface area contributed by atoms with Crippen LogP contribution in [0.1, 0.15) is 31.0 Å². The maximum absolute atomic E-state index is 12.7. The van der Waals surface area contributed by atoms with Crippen LogP contribution in [0.2, 0.25) is 0 Å². The number of hydrogen-bond acceptors (Lipinski definition) is 5. The van der Waals surface area contributed by atoms with E-state index < -0.39 is 0 Å². The Hall–Kier alpha value is -2.54. The number of amides is 1. The van der Waals surface area contributed by atoms with E-state index >= 15 is 0 Å². The summed E-state index contributed by atoms with van der Waals surface area (Å²) in [6.45, 7) is 2.54. The maximum Gasteiger partial charge on any atom is 0.251 e. The van der Waals surface area contributed by atoms with Gasteiger partial charge in [-0.3, -0.25) is 14.6 Å². The van der Waals surface area contributed by atoms with Crippen molar-refractivity contribution in [2.24, 2.45) is 5.92 Å². The molecule has 136 valence electrons. The largest absolute Gasteiger partial charge is 0.381 e. The van der Waals surface area contributed by atoms with E-state index in [1.54, 1.807) is 12.4 Å². The number of aromatic nitrogens is 3. The standard InChI is InChI=1S/C19H22N4O3/c24-17-10-16(13-3-6-20-7-4-13)21-18(22-17)14-2-1-8-23(11-14)19(25)15-5-9-26-12-15/h3-4,6-7,10,14-15H,1-2,5,8-9,11-12H2,(H,21,22,24)/t14-,15-/m1/s1. The summed E-state index contributed by atoms with van der Waals surface area (Å²) in [6, 6.07) is 5.17. The lowest BCUT2D eigenvalue weighted by atomic mass is 9.95. The van der Waals surface area contributed by atoms with Crippen molar-refractivity contribution in [2.75, 3.05) is 26.3 Å². The maximum atomic E-state index is 12.7. The monoisotopic (exact) mass is 354 g/mol. The average molecular weight is 354 g/mol. The second-order valence-electron chi connectivity index (χ2n) is 6.94. The number of aromatic amines is 1. The lowest BCUT2D eigenvalue weighted by Gasteiger charge is -2.33. The first-order valence-corrected chi connectivity index (χ1v) is 9.09. The minimum absolute atomic E-state index is 0.0242. The molecule has 2 aromatic heterocycles. The van der Waals surface area contributed by atoms with E-state index in [1.165, 1.54) is 6.07 Å². The molecule has 0 saturated carbocycles. The first-order chi connectivity index (χ1) is 12.7. The predicted octanol–water partition coefficient (Wildman–Crippen LogP) is 1.57. The summed E-state index contributed by atoms with van der Waals surface area (Å²) in [6.07, 6.45) is 5.98. The third-order valence-electron chi connectivity index (χ3n) is 5.13. The van der Waals surface area contributed by atoms with Gasteiger partial charge in [-0.15, -0.1) is 0 Å². The molecule has 7 heteroatoms. The van der Waals surface area contributed by atoms with Gasteiger partial charge in [-0.1, -0.05) is 0 Å². The third-order valence-corrected chi connectivity index (χ3v) is 5.13. The third kappa shape index (κ3) is 3.53. The van der Waals surface area contributed by atoms with Gasteiger partial charge in [-0.25, -0.2) is 4.98 Å². The quantitative estimate of drug-likeness (QED) is 0.904. The molecule has 2 aromatic rings. The predicted molar refractivity (Wildman–Crippen MR) is 95.6 cm³/mol. The van der Waals surface area contributed by atoms with E-state index in [0.29, 0.717) is 31.3 Å². The normalized spacial score (nSPS) is 23.2. The molecule has 1 N–H and O–H groups in total. The van der Waals surface area contributed by atoms with Crippen molar-refractivity contribution < 1.29 is 9.53 Å². The van der Waals surface area contributed by atoms with Gasteiger partial charge in [0.25, 0.3) is 5.56 Å². The number of nitrogens with zero attached hydrogens (tertiary/aromatic N) is 3. The van der Waals surface area contributed by atoms with Gasteiger partial charge in [0.05, 0.1) is 18.2 Å². The fourth-order valence-electron chi connectivity index (χ4n) is 3.73. The molecule has 2 fully saturated rings. The molecule has 4 heterocycles. The molecule has 26 heavy (non-hydrogen) atoms. The molecule has 0 aromatic carbocycles. The number of likely N-dealkylation sites (tertiary alicyclic amines) is 1. The fourth-order valence-corrected chi connectivity index (χ4v) is 3.73. The number of nitrogens with one attached hydrogen (secondary N) is 1. The minimum Gasteiger partial charge on any atom is -0.381 e. The molecule has 2 atom stereocenters. The summed E-state index contributed by atoms with van der Waals surface area (Å²) in [5.41, 5.74) is 1.33. The zero-order valence-corrected chi connectivity index (χ0v) is 14.6. The lowest BCUT2D eigenvalue weighted by Crippen LogP contribution is -2.43. The summed E-state index contributed by atoms with van der Waals surface area (Å²) in [5, 5.41) is 0. The zero-order chi connectivity index (χ0) is 17.9. The van der Waals surface area contributed by atoms with Crippen LogP contribution in [0, 0.1) is 5.92 Å². The van der Waals surface area contributed by atoms with Gasteiger partial charge >= 0.3 is 0 Å². The van der Waals surface area contributed by atoms with Gasteiger partial charge in [0.2, 0.25) is 5.91 Å². The van der Waals surface area contributed by atoms with E-state index in [2.05, 4.69) is 15.0 Å². The van der Waals surface area contributed by atoms with Crippen LogP contribution in [-0.2, 0) is 9.53 Å². The molecule has 2 aliphatic heterocycles.